The lowest BCUT2D eigenvalue weighted by atomic mass is 10.1. The molecule has 0 spiro atoms. The van der Waals surface area contributed by atoms with Gasteiger partial charge >= 0.3 is 5.97 Å². The molecule has 5 heteroatoms. The van der Waals surface area contributed by atoms with Gasteiger partial charge in [-0.2, -0.15) is 0 Å². The lowest BCUT2D eigenvalue weighted by Gasteiger charge is -2.15. The molecular formula is C15H24N2O3. The minimum Gasteiger partial charge on any atom is -0.465 e. The molecule has 0 atom stereocenters. The number of carbonyl (C=O) groups is 1. The number of carbonyl (C=O) groups excluding carboxylic acids is 1. The molecule has 20 heavy (non-hydrogen) atoms. The van der Waals surface area contributed by atoms with Gasteiger partial charge in [0.1, 0.15) is 0 Å². The topological polar surface area (TPSA) is 64.8 Å². The van der Waals surface area contributed by atoms with Crippen LogP contribution in [-0.2, 0) is 16.0 Å². The fraction of sp³-hybridized carbons (Fsp3) is 0.533. The van der Waals surface area contributed by atoms with Gasteiger partial charge in [0.2, 0.25) is 0 Å². The van der Waals surface area contributed by atoms with Crippen molar-refractivity contribution < 1.29 is 14.3 Å². The number of rotatable bonds is 3. The minimum atomic E-state index is -0.370. The Morgan fingerprint density at radius 3 is 2.40 bits per heavy atom. The number of hydrogen-bond acceptors (Lipinski definition) is 5. The summed E-state index contributed by atoms with van der Waals surface area (Å²) in [6.45, 7) is 3.15. The van der Waals surface area contributed by atoms with Crippen molar-refractivity contribution >= 4 is 11.7 Å². The first-order valence-corrected chi connectivity index (χ1v) is 6.71. The van der Waals surface area contributed by atoms with Crippen molar-refractivity contribution in [1.29, 1.82) is 0 Å². The van der Waals surface area contributed by atoms with E-state index in [1.807, 2.05) is 12.1 Å². The molecule has 2 rings (SSSR count). The number of benzene rings is 1. The minimum absolute atomic E-state index is 0.370. The smallest absolute Gasteiger partial charge is 0.339 e. The third-order valence-electron chi connectivity index (χ3n) is 3.13. The lowest BCUT2D eigenvalue weighted by Crippen LogP contribution is -2.18. The SMILES string of the molecule is COC.COC(=O)c1cc(CN2CCCC2)ccc1N. The van der Waals surface area contributed by atoms with E-state index in [4.69, 9.17) is 10.5 Å². The Hall–Kier alpha value is -1.59. The van der Waals surface area contributed by atoms with Crippen LogP contribution in [0.5, 0.6) is 0 Å². The number of esters is 1. The summed E-state index contributed by atoms with van der Waals surface area (Å²) in [7, 11) is 4.62. The number of hydrogen-bond donors (Lipinski definition) is 1. The first-order chi connectivity index (χ1) is 9.62. The fourth-order valence-electron chi connectivity index (χ4n) is 2.19. The zero-order chi connectivity index (χ0) is 15.0. The average molecular weight is 280 g/mol. The van der Waals surface area contributed by atoms with Crippen LogP contribution in [0.4, 0.5) is 5.69 Å². The highest BCUT2D eigenvalue weighted by atomic mass is 16.5. The molecule has 1 fully saturated rings. The van der Waals surface area contributed by atoms with Gasteiger partial charge in [-0.15, -0.1) is 0 Å². The van der Waals surface area contributed by atoms with Crippen molar-refractivity contribution in [2.75, 3.05) is 40.2 Å². The Morgan fingerprint density at radius 1 is 1.25 bits per heavy atom. The standard InChI is InChI=1S/C13H18N2O2.C2H6O/c1-17-13(16)11-8-10(4-5-12(11)14)9-15-6-2-3-7-15;1-3-2/h4-5,8H,2-3,6-7,9,14H2,1H3;1-2H3. The molecule has 0 unspecified atom stereocenters. The highest BCUT2D eigenvalue weighted by molar-refractivity contribution is 5.95. The van der Waals surface area contributed by atoms with Gasteiger partial charge in [-0.3, -0.25) is 4.90 Å². The molecule has 1 aromatic rings. The number of methoxy groups -OCH3 is 2. The zero-order valence-corrected chi connectivity index (χ0v) is 12.5. The van der Waals surface area contributed by atoms with E-state index >= 15 is 0 Å². The van der Waals surface area contributed by atoms with Crippen LogP contribution in [0.25, 0.3) is 0 Å². The molecular weight excluding hydrogens is 256 g/mol. The molecule has 2 N–H and O–H groups in total. The Balaban J connectivity index is 0.000000612. The van der Waals surface area contributed by atoms with Crippen LogP contribution in [0.1, 0.15) is 28.8 Å². The van der Waals surface area contributed by atoms with E-state index in [2.05, 4.69) is 9.64 Å². The Bertz CT molecular complexity index is 429. The van der Waals surface area contributed by atoms with Crippen molar-refractivity contribution in [3.8, 4) is 0 Å². The third kappa shape index (κ3) is 4.83. The van der Waals surface area contributed by atoms with E-state index in [0.29, 0.717) is 11.3 Å². The Morgan fingerprint density at radius 2 is 1.85 bits per heavy atom. The number of nitrogens with zero attached hydrogens (tertiary/aromatic N) is 1. The van der Waals surface area contributed by atoms with Crippen LogP contribution in [0.15, 0.2) is 18.2 Å². The molecule has 1 heterocycles. The number of nitrogens with two attached hydrogens (primary N) is 1. The Labute approximate surface area is 120 Å². The third-order valence-corrected chi connectivity index (χ3v) is 3.13. The zero-order valence-electron chi connectivity index (χ0n) is 12.5. The second-order valence-electron chi connectivity index (χ2n) is 4.80. The van der Waals surface area contributed by atoms with Crippen molar-refractivity contribution in [3.63, 3.8) is 0 Å². The summed E-state index contributed by atoms with van der Waals surface area (Å²) >= 11 is 0. The maximum Gasteiger partial charge on any atom is 0.339 e. The summed E-state index contributed by atoms with van der Waals surface area (Å²) in [4.78, 5) is 13.9. The highest BCUT2D eigenvalue weighted by Crippen LogP contribution is 2.18. The number of ether oxygens (including phenoxy) is 2. The van der Waals surface area contributed by atoms with Gasteiger partial charge in [-0.25, -0.2) is 4.79 Å². The maximum absolute atomic E-state index is 11.5. The molecule has 0 aliphatic carbocycles. The molecule has 0 radical (unpaired) electrons. The van der Waals surface area contributed by atoms with E-state index in [9.17, 15) is 4.79 Å². The molecule has 0 bridgehead atoms. The molecule has 1 aliphatic heterocycles. The normalized spacial score (nSPS) is 14.6. The predicted octanol–water partition coefficient (Wildman–Crippen LogP) is 1.91. The van der Waals surface area contributed by atoms with Gasteiger partial charge in [0.05, 0.1) is 12.7 Å². The van der Waals surface area contributed by atoms with E-state index < -0.39 is 0 Å². The van der Waals surface area contributed by atoms with E-state index in [1.165, 1.54) is 20.0 Å². The number of nitrogen functional groups attached to an aromatic ring is 1. The van der Waals surface area contributed by atoms with Crippen LogP contribution in [-0.4, -0.2) is 45.3 Å². The Kier molecular flexibility index (Phi) is 7.04. The second kappa shape index (κ2) is 8.55. The van der Waals surface area contributed by atoms with Gasteiger partial charge in [0.15, 0.2) is 0 Å². The molecule has 0 amide bonds. The summed E-state index contributed by atoms with van der Waals surface area (Å²) in [5.74, 6) is -0.370. The summed E-state index contributed by atoms with van der Waals surface area (Å²) in [6, 6.07) is 5.58. The van der Waals surface area contributed by atoms with Crippen LogP contribution in [0.2, 0.25) is 0 Å². The fourth-order valence-corrected chi connectivity index (χ4v) is 2.19. The molecule has 112 valence electrons. The molecule has 1 saturated heterocycles. The first-order valence-electron chi connectivity index (χ1n) is 6.71. The monoisotopic (exact) mass is 280 g/mol. The van der Waals surface area contributed by atoms with Crippen molar-refractivity contribution in [2.24, 2.45) is 0 Å². The number of likely N-dealkylation sites (tertiary alicyclic amines) is 1. The van der Waals surface area contributed by atoms with Crippen molar-refractivity contribution in [1.82, 2.24) is 4.90 Å². The highest BCUT2D eigenvalue weighted by Gasteiger charge is 2.14. The van der Waals surface area contributed by atoms with Gasteiger partial charge < -0.3 is 15.2 Å². The van der Waals surface area contributed by atoms with Crippen LogP contribution in [0, 0.1) is 0 Å². The molecule has 5 nitrogen and oxygen atoms in total. The predicted molar refractivity (Wildman–Crippen MR) is 79.6 cm³/mol. The van der Waals surface area contributed by atoms with E-state index in [0.717, 1.165) is 25.2 Å². The van der Waals surface area contributed by atoms with Gasteiger partial charge in [0.25, 0.3) is 0 Å². The van der Waals surface area contributed by atoms with Crippen molar-refractivity contribution in [2.45, 2.75) is 19.4 Å². The summed E-state index contributed by atoms with van der Waals surface area (Å²) < 4.78 is 8.96. The van der Waals surface area contributed by atoms with E-state index in [-0.39, 0.29) is 5.97 Å². The lowest BCUT2D eigenvalue weighted by molar-refractivity contribution is 0.0601. The van der Waals surface area contributed by atoms with E-state index in [1.54, 1.807) is 20.3 Å². The molecule has 1 aromatic carbocycles. The molecule has 1 aliphatic rings. The van der Waals surface area contributed by atoms with Crippen LogP contribution < -0.4 is 5.73 Å². The van der Waals surface area contributed by atoms with Crippen molar-refractivity contribution in [3.05, 3.63) is 29.3 Å². The summed E-state index contributed by atoms with van der Waals surface area (Å²) in [5, 5.41) is 0. The molecule has 0 aromatic heterocycles. The van der Waals surface area contributed by atoms with Gasteiger partial charge in [0, 0.05) is 26.5 Å². The summed E-state index contributed by atoms with van der Waals surface area (Å²) in [6.07, 6.45) is 2.53. The largest absolute Gasteiger partial charge is 0.465 e. The summed E-state index contributed by atoms with van der Waals surface area (Å²) in [5.41, 5.74) is 7.81. The maximum atomic E-state index is 11.5. The van der Waals surface area contributed by atoms with Crippen LogP contribution >= 0.6 is 0 Å². The average Bonchev–Trinajstić information content (AvgIpc) is 2.94. The number of anilines is 1. The molecule has 0 saturated carbocycles. The quantitative estimate of drug-likeness (QED) is 0.677. The van der Waals surface area contributed by atoms with Gasteiger partial charge in [-0.1, -0.05) is 6.07 Å². The van der Waals surface area contributed by atoms with Gasteiger partial charge in [-0.05, 0) is 43.6 Å². The first kappa shape index (κ1) is 16.5. The van der Waals surface area contributed by atoms with Crippen LogP contribution in [0.3, 0.4) is 0 Å². The second-order valence-corrected chi connectivity index (χ2v) is 4.80.